The van der Waals surface area contributed by atoms with Gasteiger partial charge in [0.1, 0.15) is 11.3 Å². The first kappa shape index (κ1) is 6.54. The maximum absolute atomic E-state index is 5.06. The SMILES string of the molecule is c1coc(Cc2nccs2)n1. The van der Waals surface area contributed by atoms with E-state index in [9.17, 15) is 0 Å². The van der Waals surface area contributed by atoms with E-state index in [2.05, 4.69) is 9.97 Å². The molecule has 2 aromatic heterocycles. The van der Waals surface area contributed by atoms with Gasteiger partial charge in [-0.15, -0.1) is 11.3 Å². The highest BCUT2D eigenvalue weighted by atomic mass is 32.1. The molecule has 0 N–H and O–H groups in total. The molecule has 2 rings (SSSR count). The van der Waals surface area contributed by atoms with Crippen LogP contribution in [-0.2, 0) is 6.42 Å². The van der Waals surface area contributed by atoms with Crippen molar-refractivity contribution >= 4 is 11.3 Å². The van der Waals surface area contributed by atoms with Crippen LogP contribution in [0.15, 0.2) is 28.5 Å². The normalized spacial score (nSPS) is 10.2. The fourth-order valence-corrected chi connectivity index (χ4v) is 1.42. The Hall–Kier alpha value is -1.16. The molecular weight excluding hydrogens is 160 g/mol. The Morgan fingerprint density at radius 3 is 3.00 bits per heavy atom. The van der Waals surface area contributed by atoms with E-state index < -0.39 is 0 Å². The molecule has 0 unspecified atom stereocenters. The third kappa shape index (κ3) is 1.46. The van der Waals surface area contributed by atoms with E-state index in [4.69, 9.17) is 4.42 Å². The van der Waals surface area contributed by atoms with Gasteiger partial charge in [0, 0.05) is 11.6 Å². The largest absolute Gasteiger partial charge is 0.449 e. The molecular formula is C7H6N2OS. The van der Waals surface area contributed by atoms with Crippen molar-refractivity contribution < 1.29 is 4.42 Å². The molecule has 3 nitrogen and oxygen atoms in total. The quantitative estimate of drug-likeness (QED) is 0.681. The third-order valence-corrected chi connectivity index (χ3v) is 2.05. The highest BCUT2D eigenvalue weighted by Gasteiger charge is 2.00. The second-order valence-electron chi connectivity index (χ2n) is 2.03. The predicted molar refractivity (Wildman–Crippen MR) is 41.4 cm³/mol. The van der Waals surface area contributed by atoms with Crippen molar-refractivity contribution in [2.24, 2.45) is 0 Å². The van der Waals surface area contributed by atoms with Gasteiger partial charge in [-0.05, 0) is 0 Å². The molecule has 56 valence electrons. The molecule has 2 heterocycles. The molecule has 0 aliphatic heterocycles. The molecule has 2 aromatic rings. The first-order valence-corrected chi connectivity index (χ1v) is 4.10. The molecule has 0 saturated heterocycles. The monoisotopic (exact) mass is 166 g/mol. The molecule has 0 aliphatic rings. The first-order valence-electron chi connectivity index (χ1n) is 3.22. The lowest BCUT2D eigenvalue weighted by Gasteiger charge is -1.87. The number of hydrogen-bond acceptors (Lipinski definition) is 4. The summed E-state index contributed by atoms with van der Waals surface area (Å²) in [6.45, 7) is 0. The van der Waals surface area contributed by atoms with Gasteiger partial charge in [0.25, 0.3) is 0 Å². The zero-order chi connectivity index (χ0) is 7.52. The predicted octanol–water partition coefficient (Wildman–Crippen LogP) is 1.72. The van der Waals surface area contributed by atoms with E-state index in [1.807, 2.05) is 5.38 Å². The molecule has 0 aromatic carbocycles. The van der Waals surface area contributed by atoms with Crippen molar-refractivity contribution in [2.75, 3.05) is 0 Å². The van der Waals surface area contributed by atoms with E-state index in [0.717, 1.165) is 10.9 Å². The topological polar surface area (TPSA) is 38.9 Å². The summed E-state index contributed by atoms with van der Waals surface area (Å²) < 4.78 is 5.06. The standard InChI is InChI=1S/C7H6N2OS/c1-3-10-6(8-1)5-7-9-2-4-11-7/h1-4H,5H2. The molecule has 0 fully saturated rings. The fourth-order valence-electron chi connectivity index (χ4n) is 0.810. The van der Waals surface area contributed by atoms with E-state index in [1.54, 1.807) is 30.0 Å². The Kier molecular flexibility index (Phi) is 1.69. The molecule has 0 amide bonds. The molecule has 0 spiro atoms. The van der Waals surface area contributed by atoms with Gasteiger partial charge in [0.2, 0.25) is 5.89 Å². The molecule has 0 radical (unpaired) electrons. The molecule has 11 heavy (non-hydrogen) atoms. The van der Waals surface area contributed by atoms with E-state index >= 15 is 0 Å². The Morgan fingerprint density at radius 1 is 1.36 bits per heavy atom. The van der Waals surface area contributed by atoms with E-state index in [0.29, 0.717) is 6.42 Å². The van der Waals surface area contributed by atoms with Crippen LogP contribution in [0.3, 0.4) is 0 Å². The van der Waals surface area contributed by atoms with Gasteiger partial charge in [-0.25, -0.2) is 9.97 Å². The smallest absolute Gasteiger partial charge is 0.200 e. The van der Waals surface area contributed by atoms with Gasteiger partial charge in [-0.2, -0.15) is 0 Å². The van der Waals surface area contributed by atoms with Crippen molar-refractivity contribution in [1.29, 1.82) is 0 Å². The van der Waals surface area contributed by atoms with Gasteiger partial charge in [-0.1, -0.05) is 0 Å². The second kappa shape index (κ2) is 2.84. The lowest BCUT2D eigenvalue weighted by molar-refractivity contribution is 0.506. The summed E-state index contributed by atoms with van der Waals surface area (Å²) in [7, 11) is 0. The van der Waals surface area contributed by atoms with Crippen LogP contribution in [-0.4, -0.2) is 9.97 Å². The van der Waals surface area contributed by atoms with Crippen LogP contribution < -0.4 is 0 Å². The Balaban J connectivity index is 2.14. The Labute approximate surface area is 67.7 Å². The highest BCUT2D eigenvalue weighted by molar-refractivity contribution is 7.09. The Morgan fingerprint density at radius 2 is 2.36 bits per heavy atom. The Bertz CT molecular complexity index is 269. The van der Waals surface area contributed by atoms with Crippen LogP contribution >= 0.6 is 11.3 Å². The average molecular weight is 166 g/mol. The van der Waals surface area contributed by atoms with Crippen LogP contribution in [0, 0.1) is 0 Å². The second-order valence-corrected chi connectivity index (χ2v) is 3.01. The van der Waals surface area contributed by atoms with Crippen LogP contribution in [0.5, 0.6) is 0 Å². The number of hydrogen-bond donors (Lipinski definition) is 0. The van der Waals surface area contributed by atoms with Crippen LogP contribution in [0.25, 0.3) is 0 Å². The van der Waals surface area contributed by atoms with Gasteiger partial charge < -0.3 is 4.42 Å². The molecule has 0 aliphatic carbocycles. The average Bonchev–Trinajstić information content (AvgIpc) is 2.60. The zero-order valence-corrected chi connectivity index (χ0v) is 6.54. The number of rotatable bonds is 2. The summed E-state index contributed by atoms with van der Waals surface area (Å²) in [5, 5.41) is 2.98. The zero-order valence-electron chi connectivity index (χ0n) is 5.73. The van der Waals surface area contributed by atoms with Crippen molar-refractivity contribution in [1.82, 2.24) is 9.97 Å². The number of oxazole rings is 1. The van der Waals surface area contributed by atoms with E-state index in [-0.39, 0.29) is 0 Å². The minimum Gasteiger partial charge on any atom is -0.449 e. The first-order chi connectivity index (χ1) is 5.45. The molecule has 0 bridgehead atoms. The lowest BCUT2D eigenvalue weighted by Crippen LogP contribution is -1.85. The minimum absolute atomic E-state index is 0.699. The van der Waals surface area contributed by atoms with Crippen LogP contribution in [0.4, 0.5) is 0 Å². The highest BCUT2D eigenvalue weighted by Crippen LogP contribution is 2.09. The summed E-state index contributed by atoms with van der Waals surface area (Å²) in [5.41, 5.74) is 0. The summed E-state index contributed by atoms with van der Waals surface area (Å²) >= 11 is 1.61. The fraction of sp³-hybridized carbons (Fsp3) is 0.143. The number of thiazole rings is 1. The lowest BCUT2D eigenvalue weighted by atomic mass is 10.4. The number of aromatic nitrogens is 2. The van der Waals surface area contributed by atoms with Crippen molar-refractivity contribution in [2.45, 2.75) is 6.42 Å². The molecule has 0 atom stereocenters. The summed E-state index contributed by atoms with van der Waals surface area (Å²) in [6.07, 6.45) is 5.69. The maximum Gasteiger partial charge on any atom is 0.200 e. The van der Waals surface area contributed by atoms with Crippen LogP contribution in [0.1, 0.15) is 10.9 Å². The van der Waals surface area contributed by atoms with Gasteiger partial charge >= 0.3 is 0 Å². The molecule has 4 heteroatoms. The van der Waals surface area contributed by atoms with Crippen molar-refractivity contribution in [3.63, 3.8) is 0 Å². The van der Waals surface area contributed by atoms with Gasteiger partial charge in [0.15, 0.2) is 0 Å². The number of nitrogens with zero attached hydrogens (tertiary/aromatic N) is 2. The van der Waals surface area contributed by atoms with Crippen LogP contribution in [0.2, 0.25) is 0 Å². The summed E-state index contributed by atoms with van der Waals surface area (Å²) in [4.78, 5) is 8.10. The third-order valence-electron chi connectivity index (χ3n) is 1.27. The van der Waals surface area contributed by atoms with Gasteiger partial charge in [-0.3, -0.25) is 0 Å². The van der Waals surface area contributed by atoms with Crippen molar-refractivity contribution in [3.8, 4) is 0 Å². The molecule has 0 saturated carbocycles. The van der Waals surface area contributed by atoms with Crippen molar-refractivity contribution in [3.05, 3.63) is 34.9 Å². The van der Waals surface area contributed by atoms with Gasteiger partial charge in [0.05, 0.1) is 12.6 Å². The summed E-state index contributed by atoms with van der Waals surface area (Å²) in [5.74, 6) is 0.722. The maximum atomic E-state index is 5.06. The summed E-state index contributed by atoms with van der Waals surface area (Å²) in [6, 6.07) is 0. The van der Waals surface area contributed by atoms with E-state index in [1.165, 1.54) is 0 Å². The minimum atomic E-state index is 0.699.